The van der Waals surface area contributed by atoms with Crippen molar-refractivity contribution in [3.05, 3.63) is 309 Å². The van der Waals surface area contributed by atoms with E-state index >= 15 is 0 Å². The van der Waals surface area contributed by atoms with Crippen molar-refractivity contribution in [2.75, 3.05) is 4.90 Å². The molecule has 0 atom stereocenters. The highest BCUT2D eigenvalue weighted by molar-refractivity contribution is 7.22. The van der Waals surface area contributed by atoms with Crippen molar-refractivity contribution >= 4 is 136 Å². The molecule has 3 aliphatic rings. The molecule has 0 aliphatic carbocycles. The zero-order valence-corrected chi connectivity index (χ0v) is 46.9. The summed E-state index contributed by atoms with van der Waals surface area (Å²) >= 11 is 0. The molecule has 0 radical (unpaired) electrons. The molecule has 0 saturated heterocycles. The third-order valence-electron chi connectivity index (χ3n) is 18.8. The number of rotatable bonds is 8. The predicted octanol–water partition coefficient (Wildman–Crippen LogP) is 12.0. The molecular weight excluding hydrogens is 1030 g/mol. The molecule has 0 unspecified atom stereocenters. The van der Waals surface area contributed by atoms with Gasteiger partial charge in [-0.1, -0.05) is 260 Å². The summed E-state index contributed by atoms with van der Waals surface area (Å²) in [6.07, 6.45) is 0. The lowest BCUT2D eigenvalue weighted by Gasteiger charge is -2.53. The van der Waals surface area contributed by atoms with Gasteiger partial charge in [0.15, 0.2) is 8.07 Å². The van der Waals surface area contributed by atoms with Crippen LogP contribution in [0.5, 0.6) is 0 Å². The SMILES string of the molecule is c1ccc(B2c3cccc4c3N3c5c2cc(-c2ccc6c(c2)c2ccccc2n6-c2ccccc2)cc5[Si](c2ccccc2)(c2ccccc2)c2cc(-c5ccc6c(c5)c5ccccc5n6-c5ccccc5)cc(c23)B4c2ccccc2)cc1. The molecule has 2 aromatic heterocycles. The molecule has 84 heavy (non-hydrogen) atoms. The van der Waals surface area contributed by atoms with Gasteiger partial charge in [0.2, 0.25) is 13.4 Å². The van der Waals surface area contributed by atoms with E-state index in [4.69, 9.17) is 0 Å². The monoisotopic (exact) mass is 1080 g/mol. The van der Waals surface area contributed by atoms with Gasteiger partial charge in [-0.2, -0.15) is 0 Å². The van der Waals surface area contributed by atoms with Crippen molar-refractivity contribution in [3.63, 3.8) is 0 Å². The summed E-state index contributed by atoms with van der Waals surface area (Å²) in [7, 11) is -3.37. The van der Waals surface area contributed by atoms with Gasteiger partial charge in [-0.3, -0.25) is 0 Å². The molecule has 0 amide bonds. The number of anilines is 3. The average molecular weight is 1080 g/mol. The van der Waals surface area contributed by atoms with E-state index in [1.165, 1.54) is 136 Å². The van der Waals surface area contributed by atoms with E-state index in [2.05, 4.69) is 323 Å². The van der Waals surface area contributed by atoms with Gasteiger partial charge in [0.05, 0.1) is 22.1 Å². The summed E-state index contributed by atoms with van der Waals surface area (Å²) in [5.41, 5.74) is 23.9. The highest BCUT2D eigenvalue weighted by atomic mass is 28.3. The van der Waals surface area contributed by atoms with Gasteiger partial charge in [-0.05, 0) is 126 Å². The lowest BCUT2D eigenvalue weighted by Crippen LogP contribution is -2.81. The second kappa shape index (κ2) is 18.3. The number of hydrogen-bond acceptors (Lipinski definition) is 1. The quantitative estimate of drug-likeness (QED) is 0.138. The Labute approximate surface area is 489 Å². The summed E-state index contributed by atoms with van der Waals surface area (Å²) in [4.78, 5) is 2.77. The van der Waals surface area contributed by atoms with Crippen molar-refractivity contribution < 1.29 is 0 Å². The molecule has 0 bridgehead atoms. The van der Waals surface area contributed by atoms with Crippen molar-refractivity contribution in [2.45, 2.75) is 0 Å². The van der Waals surface area contributed by atoms with Crippen molar-refractivity contribution in [2.24, 2.45) is 0 Å². The fraction of sp³-hybridized carbons (Fsp3) is 0. The summed E-state index contributed by atoms with van der Waals surface area (Å²) in [5, 5.41) is 10.5. The largest absolute Gasteiger partial charge is 0.313 e. The number of para-hydroxylation sites is 5. The molecule has 15 aromatic rings. The van der Waals surface area contributed by atoms with E-state index in [1.54, 1.807) is 0 Å². The molecule has 6 heteroatoms. The predicted molar refractivity (Wildman–Crippen MR) is 360 cm³/mol. The smallest absolute Gasteiger partial charge is 0.246 e. The van der Waals surface area contributed by atoms with Crippen LogP contribution in [0.1, 0.15) is 0 Å². The van der Waals surface area contributed by atoms with Crippen molar-refractivity contribution in [1.82, 2.24) is 9.13 Å². The van der Waals surface area contributed by atoms with E-state index in [0.29, 0.717) is 0 Å². The maximum absolute atomic E-state index is 3.37. The number of hydrogen-bond donors (Lipinski definition) is 0. The Bertz CT molecular complexity index is 4820. The third-order valence-corrected chi connectivity index (χ3v) is 23.6. The number of nitrogens with zero attached hydrogens (tertiary/aromatic N) is 3. The van der Waals surface area contributed by atoms with Crippen LogP contribution >= 0.6 is 0 Å². The molecule has 0 spiro atoms. The fourth-order valence-electron chi connectivity index (χ4n) is 15.5. The molecule has 3 aliphatic heterocycles. The Hall–Kier alpha value is -10.4. The Balaban J connectivity index is 0.989. The van der Waals surface area contributed by atoms with Crippen LogP contribution in [-0.4, -0.2) is 30.6 Å². The van der Waals surface area contributed by atoms with Crippen LogP contribution in [0.15, 0.2) is 309 Å². The van der Waals surface area contributed by atoms with Crippen LogP contribution in [0.3, 0.4) is 0 Å². The zero-order chi connectivity index (χ0) is 55.0. The van der Waals surface area contributed by atoms with Crippen LogP contribution in [0.25, 0.3) is 77.2 Å². The lowest BCUT2D eigenvalue weighted by atomic mass is 9.30. The first-order valence-corrected chi connectivity index (χ1v) is 31.4. The van der Waals surface area contributed by atoms with E-state index < -0.39 is 8.07 Å². The number of aromatic nitrogens is 2. The van der Waals surface area contributed by atoms with Gasteiger partial charge in [0.25, 0.3) is 0 Å². The fourth-order valence-corrected chi connectivity index (χ4v) is 20.7. The van der Waals surface area contributed by atoms with Crippen molar-refractivity contribution in [1.29, 1.82) is 0 Å². The van der Waals surface area contributed by atoms with Crippen molar-refractivity contribution in [3.8, 4) is 33.6 Å². The van der Waals surface area contributed by atoms with Crippen LogP contribution in [0, 0.1) is 0 Å². The van der Waals surface area contributed by atoms with E-state index in [1.807, 2.05) is 0 Å². The molecule has 0 N–H and O–H groups in total. The zero-order valence-electron chi connectivity index (χ0n) is 45.9. The van der Waals surface area contributed by atoms with Gasteiger partial charge in [-0.25, -0.2) is 0 Å². The molecule has 13 aromatic carbocycles. The van der Waals surface area contributed by atoms with E-state index in [9.17, 15) is 0 Å². The second-order valence-corrected chi connectivity index (χ2v) is 26.8. The first-order chi connectivity index (χ1) is 41.7. The number of benzene rings is 13. The van der Waals surface area contributed by atoms with E-state index in [-0.39, 0.29) is 13.4 Å². The van der Waals surface area contributed by atoms with Gasteiger partial charge >= 0.3 is 0 Å². The molecule has 0 fully saturated rings. The lowest BCUT2D eigenvalue weighted by molar-refractivity contribution is 1.18. The van der Waals surface area contributed by atoms with Crippen LogP contribution in [-0.2, 0) is 0 Å². The Kier molecular flexibility index (Phi) is 10.3. The van der Waals surface area contributed by atoms with Gasteiger partial charge in [-0.15, -0.1) is 0 Å². The van der Waals surface area contributed by atoms with Crippen LogP contribution in [0.2, 0.25) is 0 Å². The Morgan fingerprint density at radius 3 is 1.05 bits per heavy atom. The normalized spacial score (nSPS) is 13.5. The maximum Gasteiger partial charge on any atom is 0.246 e. The summed E-state index contributed by atoms with van der Waals surface area (Å²) in [6.45, 7) is -0.0896. The summed E-state index contributed by atoms with van der Waals surface area (Å²) in [6, 6.07) is 118. The standard InChI is InChI=1S/C78H51B2N3Si/c1-7-24-56(25-8-1)79-66-38-23-39-67-76(66)83-77-68(79)48-54(52-42-44-72-64(46-52)62-36-19-21-40-70(62)81(72)58-28-11-3-12-29-58)50-74(77)84(60-32-15-5-16-33-60,61-34-17-6-18-35-61)75-51-55(49-69(78(75)83)80(67)57-26-9-2-10-27-57)53-43-45-73-65(47-53)63-37-20-22-41-71(63)82(73)59-30-13-4-14-31-59/h1-51H. The molecule has 5 heterocycles. The highest BCUT2D eigenvalue weighted by Gasteiger charge is 2.56. The first kappa shape index (κ1) is 47.3. The van der Waals surface area contributed by atoms with E-state index in [0.717, 1.165) is 11.4 Å². The minimum Gasteiger partial charge on any atom is -0.313 e. The molecule has 18 rings (SSSR count). The maximum atomic E-state index is 2.77. The molecule has 388 valence electrons. The minimum absolute atomic E-state index is 0.0448. The van der Waals surface area contributed by atoms with Gasteiger partial charge in [0.1, 0.15) is 0 Å². The molecule has 0 saturated carbocycles. The Morgan fingerprint density at radius 2 is 0.619 bits per heavy atom. The average Bonchev–Trinajstić information content (AvgIpc) is 1.40. The highest BCUT2D eigenvalue weighted by Crippen LogP contribution is 2.44. The second-order valence-electron chi connectivity index (χ2n) is 23.1. The minimum atomic E-state index is -3.37. The van der Waals surface area contributed by atoms with Crippen LogP contribution in [0.4, 0.5) is 17.1 Å². The molecular formula is C78H51B2N3Si. The third kappa shape index (κ3) is 6.65. The first-order valence-electron chi connectivity index (χ1n) is 29.4. The Morgan fingerprint density at radius 1 is 0.250 bits per heavy atom. The van der Waals surface area contributed by atoms with Gasteiger partial charge < -0.3 is 14.0 Å². The van der Waals surface area contributed by atoms with Gasteiger partial charge in [0, 0.05) is 50.0 Å². The summed E-state index contributed by atoms with van der Waals surface area (Å²) in [5.74, 6) is 0. The molecule has 3 nitrogen and oxygen atoms in total. The van der Waals surface area contributed by atoms with Crippen LogP contribution < -0.4 is 58.4 Å². The topological polar surface area (TPSA) is 13.1 Å². The number of fused-ring (bicyclic) bond motifs is 6. The summed E-state index contributed by atoms with van der Waals surface area (Å²) < 4.78 is 4.86.